The highest BCUT2D eigenvalue weighted by atomic mass is 15.1. The minimum Gasteiger partial charge on any atom is -0.399 e. The summed E-state index contributed by atoms with van der Waals surface area (Å²) in [5, 5.41) is 0. The Morgan fingerprint density at radius 1 is 1.10 bits per heavy atom. The van der Waals surface area contributed by atoms with E-state index in [1.807, 2.05) is 6.07 Å². The third-order valence-electron chi connectivity index (χ3n) is 6.05. The Hall–Kier alpha value is -1.18. The largest absolute Gasteiger partial charge is 0.399 e. The molecule has 4 fully saturated rings. The number of hydrogen-bond donors (Lipinski definition) is 1. The molecule has 0 spiro atoms. The van der Waals surface area contributed by atoms with Crippen LogP contribution in [0.25, 0.3) is 0 Å². The van der Waals surface area contributed by atoms with Gasteiger partial charge in [0.1, 0.15) is 0 Å². The highest BCUT2D eigenvalue weighted by Gasteiger charge is 2.51. The predicted octanol–water partition coefficient (Wildman–Crippen LogP) is 3.92. The van der Waals surface area contributed by atoms with Crippen molar-refractivity contribution >= 4 is 11.4 Å². The van der Waals surface area contributed by atoms with Crippen LogP contribution in [0.2, 0.25) is 0 Å². The molecule has 1 aromatic carbocycles. The minimum absolute atomic E-state index is 0.605. The van der Waals surface area contributed by atoms with Crippen LogP contribution < -0.4 is 10.6 Å². The molecule has 0 atom stereocenters. The lowest BCUT2D eigenvalue weighted by Crippen LogP contribution is -2.50. The number of nitrogen functional groups attached to an aromatic ring is 1. The Labute approximate surface area is 122 Å². The molecule has 0 amide bonds. The molecule has 4 bridgehead atoms. The van der Waals surface area contributed by atoms with Gasteiger partial charge in [-0.2, -0.15) is 0 Å². The molecule has 0 unspecified atom stereocenters. The van der Waals surface area contributed by atoms with E-state index >= 15 is 0 Å². The van der Waals surface area contributed by atoms with Crippen molar-refractivity contribution in [3.63, 3.8) is 0 Å². The lowest BCUT2D eigenvalue weighted by molar-refractivity contribution is -0.0472. The van der Waals surface area contributed by atoms with Gasteiger partial charge in [0.25, 0.3) is 0 Å². The first kappa shape index (κ1) is 12.6. The molecule has 0 aromatic heterocycles. The number of hydrogen-bond acceptors (Lipinski definition) is 2. The molecule has 0 heterocycles. The monoisotopic (exact) mass is 270 g/mol. The number of nitrogens with two attached hydrogens (primary N) is 1. The van der Waals surface area contributed by atoms with Crippen LogP contribution in [0.15, 0.2) is 24.3 Å². The molecule has 4 aliphatic rings. The lowest BCUT2D eigenvalue weighted by atomic mass is 9.49. The Morgan fingerprint density at radius 3 is 2.25 bits per heavy atom. The molecule has 20 heavy (non-hydrogen) atoms. The molecule has 4 aliphatic carbocycles. The summed E-state index contributed by atoms with van der Waals surface area (Å²) in [6, 6.07) is 8.35. The van der Waals surface area contributed by atoms with E-state index in [-0.39, 0.29) is 0 Å². The zero-order valence-electron chi connectivity index (χ0n) is 12.5. The third-order valence-corrected chi connectivity index (χ3v) is 6.05. The normalized spacial score (nSPS) is 38.1. The molecule has 2 heteroatoms. The van der Waals surface area contributed by atoms with Crippen molar-refractivity contribution in [2.24, 2.45) is 23.2 Å². The van der Waals surface area contributed by atoms with Gasteiger partial charge in [0.2, 0.25) is 0 Å². The first-order valence-electron chi connectivity index (χ1n) is 8.19. The van der Waals surface area contributed by atoms with Crippen molar-refractivity contribution in [3.8, 4) is 0 Å². The Kier molecular flexibility index (Phi) is 2.77. The number of benzene rings is 1. The second-order valence-corrected chi connectivity index (χ2v) is 7.87. The zero-order chi connectivity index (χ0) is 13.7. The number of rotatable bonds is 3. The first-order valence-corrected chi connectivity index (χ1v) is 8.19. The summed E-state index contributed by atoms with van der Waals surface area (Å²) < 4.78 is 0. The summed E-state index contributed by atoms with van der Waals surface area (Å²) in [5.74, 6) is 3.11. The molecule has 108 valence electrons. The summed E-state index contributed by atoms with van der Waals surface area (Å²) in [4.78, 5) is 2.45. The van der Waals surface area contributed by atoms with Crippen LogP contribution >= 0.6 is 0 Å². The highest BCUT2D eigenvalue weighted by Crippen LogP contribution is 2.60. The molecular formula is C18H26N2. The van der Waals surface area contributed by atoms with E-state index in [0.29, 0.717) is 5.41 Å². The topological polar surface area (TPSA) is 29.3 Å². The van der Waals surface area contributed by atoms with E-state index < -0.39 is 0 Å². The van der Waals surface area contributed by atoms with E-state index in [2.05, 4.69) is 30.1 Å². The van der Waals surface area contributed by atoms with Gasteiger partial charge < -0.3 is 10.6 Å². The van der Waals surface area contributed by atoms with Gasteiger partial charge in [0.15, 0.2) is 0 Å². The van der Waals surface area contributed by atoms with Gasteiger partial charge in [-0.3, -0.25) is 0 Å². The highest BCUT2D eigenvalue weighted by molar-refractivity contribution is 5.55. The molecule has 0 saturated heterocycles. The quantitative estimate of drug-likeness (QED) is 0.843. The standard InChI is InChI=1S/C18H26N2/c1-20(17-4-2-3-16(19)8-17)12-18-9-13-5-14(10-18)7-15(6-13)11-18/h2-4,8,13-15H,5-7,9-12,19H2,1H3. The van der Waals surface area contributed by atoms with E-state index in [0.717, 1.165) is 23.4 Å². The van der Waals surface area contributed by atoms with Gasteiger partial charge in [-0.05, 0) is 79.9 Å². The summed E-state index contributed by atoms with van der Waals surface area (Å²) in [6.07, 6.45) is 9.02. The minimum atomic E-state index is 0.605. The second kappa shape index (κ2) is 4.41. The summed E-state index contributed by atoms with van der Waals surface area (Å²) in [5.41, 5.74) is 8.69. The van der Waals surface area contributed by atoms with Crippen LogP contribution in [0, 0.1) is 23.2 Å². The van der Waals surface area contributed by atoms with Crippen LogP contribution in [0.3, 0.4) is 0 Å². The van der Waals surface area contributed by atoms with Crippen LogP contribution in [-0.4, -0.2) is 13.6 Å². The lowest BCUT2D eigenvalue weighted by Gasteiger charge is -2.57. The second-order valence-electron chi connectivity index (χ2n) is 7.87. The number of anilines is 2. The third kappa shape index (κ3) is 2.10. The van der Waals surface area contributed by atoms with Crippen molar-refractivity contribution in [3.05, 3.63) is 24.3 Å². The number of nitrogens with zero attached hydrogens (tertiary/aromatic N) is 1. The fourth-order valence-electron chi connectivity index (χ4n) is 5.84. The smallest absolute Gasteiger partial charge is 0.0384 e. The maximum absolute atomic E-state index is 5.93. The molecule has 0 aliphatic heterocycles. The van der Waals surface area contributed by atoms with Gasteiger partial charge in [-0.1, -0.05) is 6.07 Å². The maximum atomic E-state index is 5.93. The van der Waals surface area contributed by atoms with Crippen molar-refractivity contribution in [1.82, 2.24) is 0 Å². The summed E-state index contributed by atoms with van der Waals surface area (Å²) in [7, 11) is 2.24. The van der Waals surface area contributed by atoms with Crippen LogP contribution in [0.1, 0.15) is 38.5 Å². The van der Waals surface area contributed by atoms with Gasteiger partial charge in [-0.15, -0.1) is 0 Å². The average Bonchev–Trinajstić information content (AvgIpc) is 2.36. The fourth-order valence-corrected chi connectivity index (χ4v) is 5.84. The predicted molar refractivity (Wildman–Crippen MR) is 84.7 cm³/mol. The fraction of sp³-hybridized carbons (Fsp3) is 0.667. The van der Waals surface area contributed by atoms with Crippen LogP contribution in [0.4, 0.5) is 11.4 Å². The van der Waals surface area contributed by atoms with Crippen molar-refractivity contribution in [1.29, 1.82) is 0 Å². The van der Waals surface area contributed by atoms with E-state index in [1.54, 1.807) is 0 Å². The van der Waals surface area contributed by atoms with E-state index in [1.165, 1.54) is 50.8 Å². The Morgan fingerprint density at radius 2 is 1.70 bits per heavy atom. The summed E-state index contributed by atoms with van der Waals surface area (Å²) in [6.45, 7) is 1.22. The van der Waals surface area contributed by atoms with E-state index in [4.69, 9.17) is 5.73 Å². The average molecular weight is 270 g/mol. The van der Waals surface area contributed by atoms with Crippen molar-refractivity contribution in [2.75, 3.05) is 24.2 Å². The molecule has 2 N–H and O–H groups in total. The van der Waals surface area contributed by atoms with Crippen molar-refractivity contribution in [2.45, 2.75) is 38.5 Å². The zero-order valence-corrected chi connectivity index (χ0v) is 12.5. The Bertz CT molecular complexity index is 473. The van der Waals surface area contributed by atoms with E-state index in [9.17, 15) is 0 Å². The molecule has 5 rings (SSSR count). The van der Waals surface area contributed by atoms with Gasteiger partial charge in [-0.25, -0.2) is 0 Å². The summed E-state index contributed by atoms with van der Waals surface area (Å²) >= 11 is 0. The van der Waals surface area contributed by atoms with Gasteiger partial charge in [0, 0.05) is 25.0 Å². The van der Waals surface area contributed by atoms with Gasteiger partial charge >= 0.3 is 0 Å². The van der Waals surface area contributed by atoms with Crippen LogP contribution in [-0.2, 0) is 0 Å². The van der Waals surface area contributed by atoms with Crippen LogP contribution in [0.5, 0.6) is 0 Å². The molecule has 4 saturated carbocycles. The molecule has 2 nitrogen and oxygen atoms in total. The Balaban J connectivity index is 1.53. The molecule has 0 radical (unpaired) electrons. The van der Waals surface area contributed by atoms with Gasteiger partial charge in [0.05, 0.1) is 0 Å². The maximum Gasteiger partial charge on any atom is 0.0384 e. The SMILES string of the molecule is CN(CC12CC3CC(CC(C3)C1)C2)c1cccc(N)c1. The first-order chi connectivity index (χ1) is 9.62. The van der Waals surface area contributed by atoms with Crippen molar-refractivity contribution < 1.29 is 0 Å². The molecule has 1 aromatic rings. The molecular weight excluding hydrogens is 244 g/mol.